The van der Waals surface area contributed by atoms with Crippen molar-refractivity contribution in [3.63, 3.8) is 0 Å². The molecule has 0 spiro atoms. The normalized spacial score (nSPS) is 21.7. The van der Waals surface area contributed by atoms with Crippen LogP contribution < -0.4 is 0 Å². The summed E-state index contributed by atoms with van der Waals surface area (Å²) in [5, 5.41) is 8.85. The third kappa shape index (κ3) is 2.53. The Hall–Kier alpha value is -1.44. The van der Waals surface area contributed by atoms with Gasteiger partial charge in [0.15, 0.2) is 6.10 Å². The van der Waals surface area contributed by atoms with E-state index in [1.807, 2.05) is 0 Å². The smallest absolute Gasteiger partial charge is 0.334 e. The minimum atomic E-state index is -3.64. The van der Waals surface area contributed by atoms with Gasteiger partial charge in [-0.1, -0.05) is 18.2 Å². The second kappa shape index (κ2) is 5.05. The van der Waals surface area contributed by atoms with Gasteiger partial charge in [0.2, 0.25) is 10.0 Å². The lowest BCUT2D eigenvalue weighted by atomic mass is 10.3. The highest BCUT2D eigenvalue weighted by molar-refractivity contribution is 7.89. The van der Waals surface area contributed by atoms with Crippen LogP contribution in [0.15, 0.2) is 35.2 Å². The number of carbonyl (C=O) groups is 1. The molecule has 1 saturated heterocycles. The summed E-state index contributed by atoms with van der Waals surface area (Å²) in [6, 6.07) is 7.95. The summed E-state index contributed by atoms with van der Waals surface area (Å²) >= 11 is 0. The SMILES string of the molecule is O=C(O)C1CN(S(=O)(=O)c2ccccc2)CCO1. The number of hydrogen-bond acceptors (Lipinski definition) is 4. The molecule has 0 bridgehead atoms. The molecule has 1 unspecified atom stereocenters. The monoisotopic (exact) mass is 271 g/mol. The van der Waals surface area contributed by atoms with E-state index in [1.54, 1.807) is 18.2 Å². The van der Waals surface area contributed by atoms with Crippen LogP contribution >= 0.6 is 0 Å². The van der Waals surface area contributed by atoms with Crippen molar-refractivity contribution in [2.45, 2.75) is 11.0 Å². The Bertz CT molecular complexity index is 528. The molecule has 98 valence electrons. The average Bonchev–Trinajstić information content (AvgIpc) is 2.40. The van der Waals surface area contributed by atoms with Gasteiger partial charge in [-0.2, -0.15) is 4.31 Å². The van der Waals surface area contributed by atoms with Gasteiger partial charge in [-0.05, 0) is 12.1 Å². The Morgan fingerprint density at radius 2 is 2.00 bits per heavy atom. The third-order valence-electron chi connectivity index (χ3n) is 2.69. The highest BCUT2D eigenvalue weighted by Crippen LogP contribution is 2.18. The zero-order valence-electron chi connectivity index (χ0n) is 9.52. The van der Waals surface area contributed by atoms with Crippen molar-refractivity contribution in [3.05, 3.63) is 30.3 Å². The first-order chi connectivity index (χ1) is 8.51. The lowest BCUT2D eigenvalue weighted by Crippen LogP contribution is -2.48. The van der Waals surface area contributed by atoms with Gasteiger partial charge in [0.1, 0.15) is 0 Å². The van der Waals surface area contributed by atoms with Crippen molar-refractivity contribution in [3.8, 4) is 0 Å². The van der Waals surface area contributed by atoms with Gasteiger partial charge in [0.05, 0.1) is 18.0 Å². The lowest BCUT2D eigenvalue weighted by Gasteiger charge is -2.29. The maximum atomic E-state index is 12.2. The topological polar surface area (TPSA) is 83.9 Å². The molecular formula is C11H13NO5S. The van der Waals surface area contributed by atoms with Gasteiger partial charge < -0.3 is 9.84 Å². The molecule has 0 aromatic heterocycles. The molecule has 18 heavy (non-hydrogen) atoms. The van der Waals surface area contributed by atoms with Crippen LogP contribution in [0.2, 0.25) is 0 Å². The fraction of sp³-hybridized carbons (Fsp3) is 0.364. The molecule has 2 rings (SSSR count). The molecule has 7 heteroatoms. The zero-order valence-corrected chi connectivity index (χ0v) is 10.3. The van der Waals surface area contributed by atoms with Gasteiger partial charge in [0, 0.05) is 6.54 Å². The summed E-state index contributed by atoms with van der Waals surface area (Å²) in [6.07, 6.45) is -1.10. The minimum Gasteiger partial charge on any atom is -0.479 e. The molecule has 1 aromatic rings. The Morgan fingerprint density at radius 1 is 1.33 bits per heavy atom. The highest BCUT2D eigenvalue weighted by atomic mass is 32.2. The molecule has 0 radical (unpaired) electrons. The number of nitrogens with zero attached hydrogens (tertiary/aromatic N) is 1. The first kappa shape index (κ1) is 13.0. The molecule has 1 aliphatic rings. The van der Waals surface area contributed by atoms with Crippen molar-refractivity contribution >= 4 is 16.0 Å². The van der Waals surface area contributed by atoms with Crippen LogP contribution in [0.1, 0.15) is 0 Å². The number of ether oxygens (including phenoxy) is 1. The second-order valence-electron chi connectivity index (χ2n) is 3.87. The van der Waals surface area contributed by atoms with E-state index in [1.165, 1.54) is 12.1 Å². The predicted molar refractivity (Wildman–Crippen MR) is 62.6 cm³/mol. The summed E-state index contributed by atoms with van der Waals surface area (Å²) in [4.78, 5) is 11.0. The summed E-state index contributed by atoms with van der Waals surface area (Å²) in [6.45, 7) is 0.0938. The summed E-state index contributed by atoms with van der Waals surface area (Å²) in [5.41, 5.74) is 0. The molecule has 1 aromatic carbocycles. The van der Waals surface area contributed by atoms with Crippen molar-refractivity contribution in [1.29, 1.82) is 0 Å². The molecule has 1 fully saturated rings. The fourth-order valence-corrected chi connectivity index (χ4v) is 3.18. The number of hydrogen-bond donors (Lipinski definition) is 1. The van der Waals surface area contributed by atoms with Gasteiger partial charge in [0.25, 0.3) is 0 Å². The highest BCUT2D eigenvalue weighted by Gasteiger charge is 2.33. The standard InChI is InChI=1S/C11H13NO5S/c13-11(14)10-8-12(6-7-17-10)18(15,16)9-4-2-1-3-5-9/h1-5,10H,6-8H2,(H,13,14). The first-order valence-electron chi connectivity index (χ1n) is 5.41. The largest absolute Gasteiger partial charge is 0.479 e. The van der Waals surface area contributed by atoms with Crippen molar-refractivity contribution in [1.82, 2.24) is 4.31 Å². The van der Waals surface area contributed by atoms with E-state index in [0.29, 0.717) is 0 Å². The zero-order chi connectivity index (χ0) is 13.2. The van der Waals surface area contributed by atoms with Crippen LogP contribution in [0.3, 0.4) is 0 Å². The number of sulfonamides is 1. The maximum absolute atomic E-state index is 12.2. The van der Waals surface area contributed by atoms with E-state index in [4.69, 9.17) is 9.84 Å². The van der Waals surface area contributed by atoms with Crippen LogP contribution in [-0.4, -0.2) is 49.6 Å². The van der Waals surface area contributed by atoms with Crippen LogP contribution in [0.4, 0.5) is 0 Å². The predicted octanol–water partition coefficient (Wildman–Crippen LogP) is 0.161. The molecule has 1 atom stereocenters. The molecular weight excluding hydrogens is 258 g/mol. The Labute approximate surface area is 105 Å². The van der Waals surface area contributed by atoms with Crippen LogP contribution in [0.5, 0.6) is 0 Å². The van der Waals surface area contributed by atoms with E-state index in [-0.39, 0.29) is 24.6 Å². The fourth-order valence-electron chi connectivity index (χ4n) is 1.73. The number of carboxylic acid groups (broad SMARTS) is 1. The van der Waals surface area contributed by atoms with Gasteiger partial charge in [-0.25, -0.2) is 13.2 Å². The Balaban J connectivity index is 2.23. The number of aliphatic carboxylic acids is 1. The molecule has 0 aliphatic carbocycles. The molecule has 0 saturated carbocycles. The van der Waals surface area contributed by atoms with Gasteiger partial charge in [-0.15, -0.1) is 0 Å². The quantitative estimate of drug-likeness (QED) is 0.846. The summed E-state index contributed by atoms with van der Waals surface area (Å²) in [5.74, 6) is -1.15. The van der Waals surface area contributed by atoms with Crippen molar-refractivity contribution < 1.29 is 23.1 Å². The molecule has 1 aliphatic heterocycles. The Kier molecular flexibility index (Phi) is 3.65. The van der Waals surface area contributed by atoms with E-state index in [0.717, 1.165) is 4.31 Å². The molecule has 1 heterocycles. The first-order valence-corrected chi connectivity index (χ1v) is 6.85. The van der Waals surface area contributed by atoms with E-state index >= 15 is 0 Å². The van der Waals surface area contributed by atoms with E-state index in [2.05, 4.69) is 0 Å². The lowest BCUT2D eigenvalue weighted by molar-refractivity contribution is -0.153. The number of rotatable bonds is 3. The summed E-state index contributed by atoms with van der Waals surface area (Å²) in [7, 11) is -3.64. The van der Waals surface area contributed by atoms with E-state index < -0.39 is 22.1 Å². The van der Waals surface area contributed by atoms with Crippen LogP contribution in [-0.2, 0) is 19.6 Å². The number of morpholine rings is 1. The van der Waals surface area contributed by atoms with Crippen LogP contribution in [0, 0.1) is 0 Å². The molecule has 6 nitrogen and oxygen atoms in total. The van der Waals surface area contributed by atoms with Crippen molar-refractivity contribution in [2.24, 2.45) is 0 Å². The molecule has 0 amide bonds. The van der Waals surface area contributed by atoms with Gasteiger partial charge in [-0.3, -0.25) is 0 Å². The second-order valence-corrected chi connectivity index (χ2v) is 5.81. The third-order valence-corrected chi connectivity index (χ3v) is 4.56. The van der Waals surface area contributed by atoms with Gasteiger partial charge >= 0.3 is 5.97 Å². The molecule has 1 N–H and O–H groups in total. The average molecular weight is 271 g/mol. The summed E-state index contributed by atoms with van der Waals surface area (Å²) < 4.78 is 30.6. The van der Waals surface area contributed by atoms with Crippen molar-refractivity contribution in [2.75, 3.05) is 19.7 Å². The van der Waals surface area contributed by atoms with Crippen LogP contribution in [0.25, 0.3) is 0 Å². The number of carboxylic acids is 1. The minimum absolute atomic E-state index is 0.0863. The number of benzene rings is 1. The van der Waals surface area contributed by atoms with E-state index in [9.17, 15) is 13.2 Å². The maximum Gasteiger partial charge on any atom is 0.334 e. The Morgan fingerprint density at radius 3 is 2.61 bits per heavy atom.